The minimum absolute atomic E-state index is 0.193. The standard InChI is InChI=1S/C14H24N4O2/c1-5-6-15-13-12(19-4)14(17-9-16-13)18-7-11(3)20-8-10(18)2/h9-11H,5-8H2,1-4H3,(H,15,16,17). The van der Waals surface area contributed by atoms with Crippen LogP contribution in [0.3, 0.4) is 0 Å². The van der Waals surface area contributed by atoms with E-state index in [4.69, 9.17) is 9.47 Å². The molecular weight excluding hydrogens is 256 g/mol. The summed E-state index contributed by atoms with van der Waals surface area (Å²) in [6.45, 7) is 8.69. The van der Waals surface area contributed by atoms with Gasteiger partial charge in [-0.15, -0.1) is 0 Å². The molecular formula is C14H24N4O2. The molecule has 6 heteroatoms. The van der Waals surface area contributed by atoms with Crippen molar-refractivity contribution in [3.05, 3.63) is 6.33 Å². The van der Waals surface area contributed by atoms with Gasteiger partial charge < -0.3 is 19.7 Å². The van der Waals surface area contributed by atoms with E-state index in [-0.39, 0.29) is 12.1 Å². The van der Waals surface area contributed by atoms with Gasteiger partial charge in [-0.2, -0.15) is 0 Å². The monoisotopic (exact) mass is 280 g/mol. The number of anilines is 2. The molecule has 0 saturated carbocycles. The van der Waals surface area contributed by atoms with Crippen LogP contribution < -0.4 is 15.0 Å². The second-order valence-corrected chi connectivity index (χ2v) is 5.15. The Balaban J connectivity index is 2.29. The summed E-state index contributed by atoms with van der Waals surface area (Å²) in [4.78, 5) is 10.9. The van der Waals surface area contributed by atoms with Gasteiger partial charge in [-0.05, 0) is 20.3 Å². The van der Waals surface area contributed by atoms with Gasteiger partial charge in [0.1, 0.15) is 6.33 Å². The molecule has 0 aliphatic carbocycles. The molecule has 2 rings (SSSR count). The molecule has 1 aliphatic rings. The third kappa shape index (κ3) is 3.12. The van der Waals surface area contributed by atoms with Crippen LogP contribution in [0.2, 0.25) is 0 Å². The lowest BCUT2D eigenvalue weighted by Gasteiger charge is -2.38. The average Bonchev–Trinajstić information content (AvgIpc) is 2.47. The minimum atomic E-state index is 0.193. The zero-order chi connectivity index (χ0) is 14.5. The van der Waals surface area contributed by atoms with Crippen LogP contribution >= 0.6 is 0 Å². The normalized spacial score (nSPS) is 22.7. The minimum Gasteiger partial charge on any atom is -0.490 e. The first-order valence-electron chi connectivity index (χ1n) is 7.18. The van der Waals surface area contributed by atoms with Gasteiger partial charge in [-0.25, -0.2) is 9.97 Å². The molecule has 2 unspecified atom stereocenters. The van der Waals surface area contributed by atoms with Gasteiger partial charge in [0.15, 0.2) is 11.6 Å². The van der Waals surface area contributed by atoms with Gasteiger partial charge in [-0.1, -0.05) is 6.92 Å². The lowest BCUT2D eigenvalue weighted by molar-refractivity contribution is 0.0338. The highest BCUT2D eigenvalue weighted by atomic mass is 16.5. The van der Waals surface area contributed by atoms with Gasteiger partial charge in [0.2, 0.25) is 5.75 Å². The van der Waals surface area contributed by atoms with Crippen molar-refractivity contribution in [2.75, 3.05) is 37.0 Å². The fourth-order valence-electron chi connectivity index (χ4n) is 2.32. The van der Waals surface area contributed by atoms with Gasteiger partial charge in [0.25, 0.3) is 0 Å². The second kappa shape index (κ2) is 6.74. The Morgan fingerprint density at radius 3 is 2.95 bits per heavy atom. The molecule has 2 atom stereocenters. The summed E-state index contributed by atoms with van der Waals surface area (Å²) in [6, 6.07) is 0.272. The molecule has 0 radical (unpaired) electrons. The topological polar surface area (TPSA) is 59.5 Å². The molecule has 1 aliphatic heterocycles. The van der Waals surface area contributed by atoms with Crippen molar-refractivity contribution < 1.29 is 9.47 Å². The van der Waals surface area contributed by atoms with E-state index >= 15 is 0 Å². The van der Waals surface area contributed by atoms with E-state index in [9.17, 15) is 0 Å². The second-order valence-electron chi connectivity index (χ2n) is 5.15. The third-order valence-corrected chi connectivity index (χ3v) is 3.41. The molecule has 0 bridgehead atoms. The molecule has 1 aromatic rings. The first-order valence-corrected chi connectivity index (χ1v) is 7.18. The van der Waals surface area contributed by atoms with Crippen molar-refractivity contribution >= 4 is 11.6 Å². The molecule has 0 aromatic carbocycles. The first-order chi connectivity index (χ1) is 9.67. The summed E-state index contributed by atoms with van der Waals surface area (Å²) < 4.78 is 11.2. The Hall–Kier alpha value is -1.56. The van der Waals surface area contributed by atoms with Gasteiger partial charge in [0, 0.05) is 13.1 Å². The maximum atomic E-state index is 5.67. The van der Waals surface area contributed by atoms with Crippen molar-refractivity contribution in [1.82, 2.24) is 9.97 Å². The molecule has 1 fully saturated rings. The summed E-state index contributed by atoms with van der Waals surface area (Å²) in [5, 5.41) is 3.29. The van der Waals surface area contributed by atoms with Gasteiger partial charge in [0.05, 0.1) is 25.9 Å². The highest BCUT2D eigenvalue weighted by Crippen LogP contribution is 2.34. The number of nitrogens with zero attached hydrogens (tertiary/aromatic N) is 3. The Morgan fingerprint density at radius 1 is 1.45 bits per heavy atom. The molecule has 20 heavy (non-hydrogen) atoms. The Bertz CT molecular complexity index is 441. The van der Waals surface area contributed by atoms with Crippen LogP contribution in [0, 0.1) is 0 Å². The molecule has 1 saturated heterocycles. The number of ether oxygens (including phenoxy) is 2. The van der Waals surface area contributed by atoms with Crippen LogP contribution in [0.4, 0.5) is 11.6 Å². The number of methoxy groups -OCH3 is 1. The van der Waals surface area contributed by atoms with E-state index in [2.05, 4.69) is 41.0 Å². The highest BCUT2D eigenvalue weighted by Gasteiger charge is 2.28. The predicted octanol–water partition coefficient (Wildman–Crippen LogP) is 1.92. The molecule has 0 spiro atoms. The SMILES string of the molecule is CCCNc1ncnc(N2CC(C)OCC2C)c1OC. The fourth-order valence-corrected chi connectivity index (χ4v) is 2.32. The van der Waals surface area contributed by atoms with Crippen molar-refractivity contribution in [2.24, 2.45) is 0 Å². The van der Waals surface area contributed by atoms with Crippen molar-refractivity contribution in [1.29, 1.82) is 0 Å². The summed E-state index contributed by atoms with van der Waals surface area (Å²) >= 11 is 0. The summed E-state index contributed by atoms with van der Waals surface area (Å²) in [7, 11) is 1.66. The van der Waals surface area contributed by atoms with E-state index < -0.39 is 0 Å². The molecule has 2 heterocycles. The Morgan fingerprint density at radius 2 is 2.25 bits per heavy atom. The lowest BCUT2D eigenvalue weighted by Crippen LogP contribution is -2.48. The van der Waals surface area contributed by atoms with Gasteiger partial charge >= 0.3 is 0 Å². The van der Waals surface area contributed by atoms with Crippen LogP contribution in [-0.2, 0) is 4.74 Å². The van der Waals surface area contributed by atoms with Crippen LogP contribution in [-0.4, -0.2) is 48.9 Å². The third-order valence-electron chi connectivity index (χ3n) is 3.41. The van der Waals surface area contributed by atoms with Crippen molar-refractivity contribution in [3.63, 3.8) is 0 Å². The zero-order valence-electron chi connectivity index (χ0n) is 12.7. The first kappa shape index (κ1) is 14.8. The fraction of sp³-hybridized carbons (Fsp3) is 0.714. The van der Waals surface area contributed by atoms with Crippen LogP contribution in [0.1, 0.15) is 27.2 Å². The zero-order valence-corrected chi connectivity index (χ0v) is 12.7. The highest BCUT2D eigenvalue weighted by molar-refractivity contribution is 5.65. The Kier molecular flexibility index (Phi) is 5.00. The van der Waals surface area contributed by atoms with Crippen LogP contribution in [0.15, 0.2) is 6.33 Å². The molecule has 112 valence electrons. The van der Waals surface area contributed by atoms with E-state index in [1.165, 1.54) is 0 Å². The average molecular weight is 280 g/mol. The molecule has 1 aromatic heterocycles. The van der Waals surface area contributed by atoms with E-state index in [1.54, 1.807) is 13.4 Å². The number of hydrogen-bond donors (Lipinski definition) is 1. The van der Waals surface area contributed by atoms with E-state index in [0.717, 1.165) is 31.1 Å². The van der Waals surface area contributed by atoms with E-state index in [0.29, 0.717) is 12.4 Å². The number of aromatic nitrogens is 2. The van der Waals surface area contributed by atoms with Crippen molar-refractivity contribution in [3.8, 4) is 5.75 Å². The Labute approximate surface area is 120 Å². The van der Waals surface area contributed by atoms with Crippen LogP contribution in [0.5, 0.6) is 5.75 Å². The van der Waals surface area contributed by atoms with Crippen LogP contribution in [0.25, 0.3) is 0 Å². The maximum Gasteiger partial charge on any atom is 0.204 e. The number of morpholine rings is 1. The number of hydrogen-bond acceptors (Lipinski definition) is 6. The molecule has 1 N–H and O–H groups in total. The molecule has 6 nitrogen and oxygen atoms in total. The maximum absolute atomic E-state index is 5.67. The number of nitrogens with one attached hydrogen (secondary N) is 1. The van der Waals surface area contributed by atoms with Gasteiger partial charge in [-0.3, -0.25) is 0 Å². The quantitative estimate of drug-likeness (QED) is 0.889. The lowest BCUT2D eigenvalue weighted by atomic mass is 10.2. The van der Waals surface area contributed by atoms with Crippen molar-refractivity contribution in [2.45, 2.75) is 39.3 Å². The van der Waals surface area contributed by atoms with E-state index in [1.807, 2.05) is 0 Å². The number of rotatable bonds is 5. The predicted molar refractivity (Wildman–Crippen MR) is 79.6 cm³/mol. The smallest absolute Gasteiger partial charge is 0.204 e. The summed E-state index contributed by atoms with van der Waals surface area (Å²) in [5.41, 5.74) is 0. The summed E-state index contributed by atoms with van der Waals surface area (Å²) in [6.07, 6.45) is 2.81. The molecule has 0 amide bonds. The largest absolute Gasteiger partial charge is 0.490 e. The summed E-state index contributed by atoms with van der Waals surface area (Å²) in [5.74, 6) is 2.30.